The van der Waals surface area contributed by atoms with Gasteiger partial charge in [0.05, 0.1) is 0 Å². The Morgan fingerprint density at radius 2 is 2.12 bits per heavy atom. The molecule has 17 heavy (non-hydrogen) atoms. The topological polar surface area (TPSA) is 29.3 Å². The van der Waals surface area contributed by atoms with E-state index >= 15 is 0 Å². The molecule has 1 unspecified atom stereocenters. The average Bonchev–Trinajstić information content (AvgIpc) is 2.29. The highest BCUT2D eigenvalue weighted by Gasteiger charge is 2.15. The van der Waals surface area contributed by atoms with Gasteiger partial charge in [0.1, 0.15) is 4.99 Å². The summed E-state index contributed by atoms with van der Waals surface area (Å²) in [6, 6.07) is 8.30. The van der Waals surface area contributed by atoms with Gasteiger partial charge in [-0.3, -0.25) is 4.90 Å². The third kappa shape index (κ3) is 3.51. The maximum atomic E-state index is 5.59. The quantitative estimate of drug-likeness (QED) is 0.834. The Morgan fingerprint density at radius 1 is 1.41 bits per heavy atom. The predicted molar refractivity (Wildman–Crippen MR) is 76.0 cm³/mol. The predicted octanol–water partition coefficient (Wildman–Crippen LogP) is 2.55. The number of nitrogens with zero attached hydrogens (tertiary/aromatic N) is 1. The van der Waals surface area contributed by atoms with Crippen molar-refractivity contribution < 1.29 is 0 Å². The zero-order chi connectivity index (χ0) is 12.3. The minimum absolute atomic E-state index is 0.475. The summed E-state index contributed by atoms with van der Waals surface area (Å²) in [6.07, 6.45) is 2.70. The van der Waals surface area contributed by atoms with Crippen molar-refractivity contribution in [2.75, 3.05) is 13.1 Å². The van der Waals surface area contributed by atoms with Crippen molar-refractivity contribution in [2.45, 2.75) is 26.3 Å². The van der Waals surface area contributed by atoms with Crippen LogP contribution in [0.1, 0.15) is 30.9 Å². The molecule has 92 valence electrons. The van der Waals surface area contributed by atoms with Gasteiger partial charge < -0.3 is 5.73 Å². The molecule has 3 heteroatoms. The highest BCUT2D eigenvalue weighted by atomic mass is 32.1. The van der Waals surface area contributed by atoms with Crippen molar-refractivity contribution in [3.05, 3.63) is 35.4 Å². The van der Waals surface area contributed by atoms with Gasteiger partial charge in [-0.05, 0) is 30.9 Å². The van der Waals surface area contributed by atoms with E-state index in [0.717, 1.165) is 18.0 Å². The van der Waals surface area contributed by atoms with Crippen LogP contribution in [0, 0.1) is 5.92 Å². The van der Waals surface area contributed by atoms with Crippen molar-refractivity contribution >= 4 is 17.2 Å². The SMILES string of the molecule is CC1CCCN(Cc2ccc(C(N)=S)cc2)C1. The van der Waals surface area contributed by atoms with Gasteiger partial charge in [-0.25, -0.2) is 0 Å². The molecule has 0 radical (unpaired) electrons. The molecule has 0 aliphatic carbocycles. The van der Waals surface area contributed by atoms with Gasteiger partial charge >= 0.3 is 0 Å². The van der Waals surface area contributed by atoms with Gasteiger partial charge in [0.25, 0.3) is 0 Å². The van der Waals surface area contributed by atoms with Crippen molar-refractivity contribution in [1.82, 2.24) is 4.90 Å². The summed E-state index contributed by atoms with van der Waals surface area (Å²) in [5, 5.41) is 0. The molecule has 2 nitrogen and oxygen atoms in total. The van der Waals surface area contributed by atoms with Crippen LogP contribution in [0.4, 0.5) is 0 Å². The summed E-state index contributed by atoms with van der Waals surface area (Å²) in [5.74, 6) is 0.833. The monoisotopic (exact) mass is 248 g/mol. The largest absolute Gasteiger partial charge is 0.389 e. The number of hydrogen-bond acceptors (Lipinski definition) is 2. The molecule has 0 amide bonds. The Bertz CT molecular complexity index is 386. The molecule has 1 atom stereocenters. The second kappa shape index (κ2) is 5.61. The molecular formula is C14H20N2S. The Hall–Kier alpha value is -0.930. The summed E-state index contributed by atoms with van der Waals surface area (Å²) in [4.78, 5) is 3.01. The van der Waals surface area contributed by atoms with E-state index in [0.29, 0.717) is 4.99 Å². The maximum absolute atomic E-state index is 5.59. The van der Waals surface area contributed by atoms with Crippen LogP contribution in [0.15, 0.2) is 24.3 Å². The van der Waals surface area contributed by atoms with E-state index in [9.17, 15) is 0 Å². The van der Waals surface area contributed by atoms with E-state index in [1.54, 1.807) is 0 Å². The number of thiocarbonyl (C=S) groups is 1. The third-order valence-corrected chi connectivity index (χ3v) is 3.62. The number of hydrogen-bond donors (Lipinski definition) is 1. The van der Waals surface area contributed by atoms with Crippen LogP contribution in [0.25, 0.3) is 0 Å². The fourth-order valence-corrected chi connectivity index (χ4v) is 2.60. The molecule has 1 saturated heterocycles. The minimum atomic E-state index is 0.475. The summed E-state index contributed by atoms with van der Waals surface area (Å²) >= 11 is 4.95. The molecular weight excluding hydrogens is 228 g/mol. The number of benzene rings is 1. The van der Waals surface area contributed by atoms with Crippen LogP contribution in [-0.2, 0) is 6.54 Å². The van der Waals surface area contributed by atoms with Crippen molar-refractivity contribution in [1.29, 1.82) is 0 Å². The summed E-state index contributed by atoms with van der Waals surface area (Å²) in [7, 11) is 0. The van der Waals surface area contributed by atoms with E-state index in [1.807, 2.05) is 12.1 Å². The second-order valence-electron chi connectivity index (χ2n) is 5.04. The first-order valence-electron chi connectivity index (χ1n) is 6.26. The normalized spacial score (nSPS) is 21.4. The average molecular weight is 248 g/mol. The molecule has 1 aliphatic heterocycles. The fraction of sp³-hybridized carbons (Fsp3) is 0.500. The Morgan fingerprint density at radius 3 is 2.71 bits per heavy atom. The molecule has 1 aliphatic rings. The molecule has 1 aromatic rings. The van der Waals surface area contributed by atoms with E-state index in [2.05, 4.69) is 24.0 Å². The zero-order valence-electron chi connectivity index (χ0n) is 10.4. The smallest absolute Gasteiger partial charge is 0.103 e. The van der Waals surface area contributed by atoms with E-state index in [1.165, 1.54) is 31.5 Å². The van der Waals surface area contributed by atoms with E-state index in [4.69, 9.17) is 18.0 Å². The van der Waals surface area contributed by atoms with E-state index < -0.39 is 0 Å². The first-order valence-corrected chi connectivity index (χ1v) is 6.67. The highest BCUT2D eigenvalue weighted by Crippen LogP contribution is 2.17. The molecule has 2 N–H and O–H groups in total. The maximum Gasteiger partial charge on any atom is 0.103 e. The zero-order valence-corrected chi connectivity index (χ0v) is 11.2. The van der Waals surface area contributed by atoms with Crippen molar-refractivity contribution in [3.63, 3.8) is 0 Å². The summed E-state index contributed by atoms with van der Waals surface area (Å²) in [5.41, 5.74) is 7.89. The fourth-order valence-electron chi connectivity index (χ4n) is 2.46. The lowest BCUT2D eigenvalue weighted by molar-refractivity contribution is 0.176. The van der Waals surface area contributed by atoms with Gasteiger partial charge in [-0.15, -0.1) is 0 Å². The van der Waals surface area contributed by atoms with Gasteiger partial charge in [0.2, 0.25) is 0 Å². The van der Waals surface area contributed by atoms with Gasteiger partial charge in [-0.1, -0.05) is 43.4 Å². The van der Waals surface area contributed by atoms with Crippen molar-refractivity contribution in [2.24, 2.45) is 11.7 Å². The molecule has 0 bridgehead atoms. The van der Waals surface area contributed by atoms with E-state index in [-0.39, 0.29) is 0 Å². The first kappa shape index (κ1) is 12.5. The Labute approximate surface area is 109 Å². The lowest BCUT2D eigenvalue weighted by Gasteiger charge is -2.30. The lowest BCUT2D eigenvalue weighted by atomic mass is 9.99. The van der Waals surface area contributed by atoms with Crippen LogP contribution in [-0.4, -0.2) is 23.0 Å². The lowest BCUT2D eigenvalue weighted by Crippen LogP contribution is -2.33. The molecule has 1 aromatic carbocycles. The number of nitrogens with two attached hydrogens (primary N) is 1. The van der Waals surface area contributed by atoms with Crippen LogP contribution in [0.5, 0.6) is 0 Å². The first-order chi connectivity index (χ1) is 8.15. The standard InChI is InChI=1S/C14H20N2S/c1-11-3-2-8-16(9-11)10-12-4-6-13(7-5-12)14(15)17/h4-7,11H,2-3,8-10H2,1H3,(H2,15,17). The molecule has 2 rings (SSSR count). The molecule has 1 fully saturated rings. The van der Waals surface area contributed by atoms with Crippen LogP contribution in [0.2, 0.25) is 0 Å². The Balaban J connectivity index is 1.96. The molecule has 0 spiro atoms. The number of likely N-dealkylation sites (tertiary alicyclic amines) is 1. The van der Waals surface area contributed by atoms with Crippen LogP contribution in [0.3, 0.4) is 0 Å². The van der Waals surface area contributed by atoms with Crippen molar-refractivity contribution in [3.8, 4) is 0 Å². The minimum Gasteiger partial charge on any atom is -0.389 e. The molecule has 0 aromatic heterocycles. The van der Waals surface area contributed by atoms with Gasteiger partial charge in [-0.2, -0.15) is 0 Å². The molecule has 0 saturated carbocycles. The second-order valence-corrected chi connectivity index (χ2v) is 5.48. The third-order valence-electron chi connectivity index (χ3n) is 3.39. The highest BCUT2D eigenvalue weighted by molar-refractivity contribution is 7.80. The van der Waals surface area contributed by atoms with Crippen LogP contribution < -0.4 is 5.73 Å². The van der Waals surface area contributed by atoms with Crippen LogP contribution >= 0.6 is 12.2 Å². The summed E-state index contributed by atoms with van der Waals surface area (Å²) < 4.78 is 0. The number of piperidine rings is 1. The van der Waals surface area contributed by atoms with Gasteiger partial charge in [0.15, 0.2) is 0 Å². The van der Waals surface area contributed by atoms with Gasteiger partial charge in [0, 0.05) is 18.7 Å². The molecule has 1 heterocycles. The number of rotatable bonds is 3. The Kier molecular flexibility index (Phi) is 4.13. The summed E-state index contributed by atoms with van der Waals surface area (Å²) in [6.45, 7) is 5.82.